The van der Waals surface area contributed by atoms with Crippen molar-refractivity contribution >= 4 is 29.5 Å². The summed E-state index contributed by atoms with van der Waals surface area (Å²) in [5.41, 5.74) is 2.45. The molecule has 1 unspecified atom stereocenters. The van der Waals surface area contributed by atoms with Gasteiger partial charge in [0.2, 0.25) is 0 Å². The van der Waals surface area contributed by atoms with Gasteiger partial charge < -0.3 is 14.5 Å². The van der Waals surface area contributed by atoms with E-state index in [4.69, 9.17) is 9.57 Å². The van der Waals surface area contributed by atoms with E-state index in [9.17, 15) is 19.2 Å². The first-order valence-corrected chi connectivity index (χ1v) is 9.97. The van der Waals surface area contributed by atoms with Gasteiger partial charge in [-0.2, -0.15) is 0 Å². The van der Waals surface area contributed by atoms with Crippen LogP contribution in [-0.4, -0.2) is 66.1 Å². The monoisotopic (exact) mass is 428 g/mol. The summed E-state index contributed by atoms with van der Waals surface area (Å²) in [7, 11) is 1.52. The predicted molar refractivity (Wildman–Crippen MR) is 109 cm³/mol. The number of carbonyl (C=O) groups is 4. The fraction of sp³-hybridized carbons (Fsp3) is 0.381. The highest BCUT2D eigenvalue weighted by atomic mass is 16.7. The van der Waals surface area contributed by atoms with Gasteiger partial charge in [0.15, 0.2) is 0 Å². The molecule has 1 N–H and O–H groups in total. The summed E-state index contributed by atoms with van der Waals surface area (Å²) in [5, 5.41) is 1.27. The summed E-state index contributed by atoms with van der Waals surface area (Å²) in [6.45, 7) is 2.53. The van der Waals surface area contributed by atoms with Crippen molar-refractivity contribution in [3.05, 3.63) is 47.7 Å². The van der Waals surface area contributed by atoms with Crippen LogP contribution in [0.15, 0.2) is 47.1 Å². The molecule has 2 saturated heterocycles. The number of rotatable bonds is 5. The minimum atomic E-state index is -0.710. The van der Waals surface area contributed by atoms with Gasteiger partial charge in [-0.05, 0) is 31.9 Å². The van der Waals surface area contributed by atoms with Gasteiger partial charge in [-0.1, -0.05) is 23.8 Å². The molecule has 0 bridgehead atoms. The Hall–Kier alpha value is -3.53. The summed E-state index contributed by atoms with van der Waals surface area (Å²) in [5.74, 6) is -2.70. The van der Waals surface area contributed by atoms with E-state index in [-0.39, 0.29) is 30.5 Å². The number of benzene rings is 1. The number of nitrogens with one attached hydrogen (secondary N) is 1. The molecule has 10 heteroatoms. The van der Waals surface area contributed by atoms with Crippen LogP contribution in [0.4, 0.5) is 0 Å². The molecule has 2 aliphatic heterocycles. The molecule has 0 aromatic heterocycles. The second kappa shape index (κ2) is 9.98. The smallest absolute Gasteiger partial charge is 0.376 e. The Morgan fingerprint density at radius 1 is 1.29 bits per heavy atom. The van der Waals surface area contributed by atoms with Crippen molar-refractivity contribution in [1.82, 2.24) is 15.5 Å². The van der Waals surface area contributed by atoms with Crippen LogP contribution in [0.5, 0.6) is 0 Å². The maximum Gasteiger partial charge on any atom is 0.376 e. The molecule has 2 fully saturated rings. The Bertz CT molecular complexity index is 927. The molecule has 2 heterocycles. The minimum Gasteiger partial charge on any atom is -0.466 e. The normalized spacial score (nSPS) is 20.6. The predicted octanol–water partition coefficient (Wildman–Crippen LogP) is 0.862. The lowest BCUT2D eigenvalue weighted by Gasteiger charge is -2.31. The van der Waals surface area contributed by atoms with Gasteiger partial charge in [0.25, 0.3) is 11.8 Å². The summed E-state index contributed by atoms with van der Waals surface area (Å²) < 4.78 is 5.08. The molecular formula is C21H24N4O6. The van der Waals surface area contributed by atoms with E-state index in [1.165, 1.54) is 23.0 Å². The van der Waals surface area contributed by atoms with Crippen molar-refractivity contribution in [3.8, 4) is 0 Å². The van der Waals surface area contributed by atoms with Crippen molar-refractivity contribution in [3.63, 3.8) is 0 Å². The van der Waals surface area contributed by atoms with E-state index in [1.807, 2.05) is 0 Å². The van der Waals surface area contributed by atoms with Gasteiger partial charge in [-0.25, -0.2) is 9.79 Å². The van der Waals surface area contributed by atoms with Gasteiger partial charge in [0, 0.05) is 31.8 Å². The molecule has 1 aromatic rings. The van der Waals surface area contributed by atoms with Crippen LogP contribution >= 0.6 is 0 Å². The van der Waals surface area contributed by atoms with E-state index in [0.717, 1.165) is 0 Å². The number of carbonyl (C=O) groups excluding carboxylic acids is 4. The lowest BCUT2D eigenvalue weighted by Crippen LogP contribution is -2.45. The molecule has 0 spiro atoms. The first kappa shape index (κ1) is 22.2. The number of amides is 2. The molecule has 0 saturated carbocycles. The number of esters is 1. The third-order valence-electron chi connectivity index (χ3n) is 4.91. The zero-order chi connectivity index (χ0) is 22.4. The number of likely N-dealkylation sites (tertiary alicyclic amines) is 1. The molecule has 31 heavy (non-hydrogen) atoms. The molecule has 0 radical (unpaired) electrons. The summed E-state index contributed by atoms with van der Waals surface area (Å²) >= 11 is 0. The second-order valence-corrected chi connectivity index (χ2v) is 7.08. The molecule has 2 aliphatic rings. The third kappa shape index (κ3) is 5.34. The lowest BCUT2D eigenvalue weighted by molar-refractivity contribution is -0.150. The number of hydrazine groups is 1. The first-order chi connectivity index (χ1) is 14.9. The van der Waals surface area contributed by atoms with E-state index in [0.29, 0.717) is 24.9 Å². The van der Waals surface area contributed by atoms with Crippen LogP contribution in [0, 0.1) is 5.92 Å². The third-order valence-corrected chi connectivity index (χ3v) is 4.91. The van der Waals surface area contributed by atoms with Gasteiger partial charge in [-0.3, -0.25) is 19.4 Å². The molecule has 0 aliphatic carbocycles. The Kier molecular flexibility index (Phi) is 7.14. The molecule has 164 valence electrons. The number of piperidine rings is 1. The van der Waals surface area contributed by atoms with Gasteiger partial charge in [0.1, 0.15) is 11.4 Å². The van der Waals surface area contributed by atoms with Crippen LogP contribution < -0.4 is 5.59 Å². The number of aliphatic imine (C=N–C) groups is 1. The number of hydrogen-bond donors (Lipinski definition) is 1. The van der Waals surface area contributed by atoms with Crippen LogP contribution in [0.3, 0.4) is 0 Å². The standard InChI is InChI=1S/C21H24N4O6/c1-3-30-20(28)15-10-7-11-25(13-15)19(27)16(12-17-21(29)31-23-24(17)2)22-18(26)14-8-5-4-6-9-14/h4-6,8-9,12,15,23H,3,7,10-11,13H2,1-2H3/b17-12-,22-16?. The molecular weight excluding hydrogens is 404 g/mol. The van der Waals surface area contributed by atoms with Crippen molar-refractivity contribution in [2.45, 2.75) is 19.8 Å². The van der Waals surface area contributed by atoms with Gasteiger partial charge >= 0.3 is 11.9 Å². The summed E-state index contributed by atoms with van der Waals surface area (Å²) in [4.78, 5) is 60.1. The van der Waals surface area contributed by atoms with Crippen LogP contribution in [0.1, 0.15) is 30.1 Å². The van der Waals surface area contributed by atoms with Crippen molar-refractivity contribution in [2.24, 2.45) is 10.9 Å². The quantitative estimate of drug-likeness (QED) is 0.417. The van der Waals surface area contributed by atoms with Crippen molar-refractivity contribution in [1.29, 1.82) is 0 Å². The van der Waals surface area contributed by atoms with E-state index < -0.39 is 23.7 Å². The van der Waals surface area contributed by atoms with Crippen LogP contribution in [-0.2, 0) is 24.0 Å². The maximum atomic E-state index is 13.2. The molecule has 2 amide bonds. The Morgan fingerprint density at radius 2 is 2.03 bits per heavy atom. The average Bonchev–Trinajstić information content (AvgIpc) is 3.11. The second-order valence-electron chi connectivity index (χ2n) is 7.08. The molecule has 1 aromatic carbocycles. The molecule has 3 rings (SSSR count). The first-order valence-electron chi connectivity index (χ1n) is 9.97. The van der Waals surface area contributed by atoms with Crippen molar-refractivity contribution in [2.75, 3.05) is 26.7 Å². The number of nitrogens with zero attached hydrogens (tertiary/aromatic N) is 3. The zero-order valence-electron chi connectivity index (χ0n) is 17.4. The molecule has 10 nitrogen and oxygen atoms in total. The van der Waals surface area contributed by atoms with E-state index >= 15 is 0 Å². The Labute approximate surface area is 179 Å². The molecule has 1 atom stereocenters. The Morgan fingerprint density at radius 3 is 2.68 bits per heavy atom. The topological polar surface area (TPSA) is 118 Å². The lowest BCUT2D eigenvalue weighted by atomic mass is 9.97. The zero-order valence-corrected chi connectivity index (χ0v) is 17.4. The number of hydrogen-bond acceptors (Lipinski definition) is 8. The minimum absolute atomic E-state index is 0.0203. The number of ether oxygens (including phenoxy) is 1. The summed E-state index contributed by atoms with van der Waals surface area (Å²) in [6, 6.07) is 8.28. The van der Waals surface area contributed by atoms with E-state index in [1.54, 1.807) is 37.3 Å². The maximum absolute atomic E-state index is 13.2. The SMILES string of the molecule is CCOC(=O)C1CCCN(C(=O)C(/C=C2/C(=O)ONN2C)=NC(=O)c2ccccc2)C1. The summed E-state index contributed by atoms with van der Waals surface area (Å²) in [6.07, 6.45) is 2.42. The van der Waals surface area contributed by atoms with Gasteiger partial charge in [0.05, 0.1) is 12.5 Å². The number of likely N-dealkylation sites (N-methyl/N-ethyl adjacent to an activating group) is 1. The Balaban J connectivity index is 1.90. The van der Waals surface area contributed by atoms with Gasteiger partial charge in [-0.15, -0.1) is 0 Å². The highest BCUT2D eigenvalue weighted by molar-refractivity contribution is 6.45. The largest absolute Gasteiger partial charge is 0.466 e. The van der Waals surface area contributed by atoms with Crippen molar-refractivity contribution < 1.29 is 28.8 Å². The fourth-order valence-corrected chi connectivity index (χ4v) is 3.31. The highest BCUT2D eigenvalue weighted by Crippen LogP contribution is 2.19. The van der Waals surface area contributed by atoms with Crippen LogP contribution in [0.25, 0.3) is 0 Å². The van der Waals surface area contributed by atoms with E-state index in [2.05, 4.69) is 10.6 Å². The highest BCUT2D eigenvalue weighted by Gasteiger charge is 2.33. The average molecular weight is 428 g/mol. The van der Waals surface area contributed by atoms with Crippen LogP contribution in [0.2, 0.25) is 0 Å². The fourth-order valence-electron chi connectivity index (χ4n) is 3.31.